The molecule has 1 aliphatic rings. The van der Waals surface area contributed by atoms with E-state index in [4.69, 9.17) is 9.84 Å². The number of nitro groups is 1. The average Bonchev–Trinajstić information content (AvgIpc) is 2.40. The fourth-order valence-electron chi connectivity index (χ4n) is 2.32. The predicted octanol–water partition coefficient (Wildman–Crippen LogP) is 2.03. The van der Waals surface area contributed by atoms with Gasteiger partial charge in [-0.05, 0) is 12.1 Å². The fraction of sp³-hybridized carbons (Fsp3) is 0.462. The van der Waals surface area contributed by atoms with E-state index in [9.17, 15) is 14.9 Å². The Morgan fingerprint density at radius 1 is 1.57 bits per heavy atom. The summed E-state index contributed by atoms with van der Waals surface area (Å²) in [5.74, 6) is -0.906. The standard InChI is InChI=1S/C13H15BrN2O5/c14-10-2-1-9(12(5-10)16(19)20)7-15-3-4-21-11(8-15)6-13(17)18/h1-2,5,11H,3-4,6-8H2,(H,17,18). The highest BCUT2D eigenvalue weighted by Gasteiger charge is 2.24. The molecule has 114 valence electrons. The summed E-state index contributed by atoms with van der Waals surface area (Å²) in [6.45, 7) is 1.92. The second-order valence-corrected chi connectivity index (χ2v) is 5.77. The third-order valence-electron chi connectivity index (χ3n) is 3.26. The second-order valence-electron chi connectivity index (χ2n) is 4.86. The molecule has 8 heteroatoms. The number of ether oxygens (including phenoxy) is 1. The van der Waals surface area contributed by atoms with E-state index in [0.717, 1.165) is 0 Å². The van der Waals surface area contributed by atoms with Crippen LogP contribution in [0.5, 0.6) is 0 Å². The highest BCUT2D eigenvalue weighted by Crippen LogP contribution is 2.25. The van der Waals surface area contributed by atoms with Gasteiger partial charge in [0.15, 0.2) is 0 Å². The Kier molecular flexibility index (Phi) is 5.27. The Balaban J connectivity index is 2.07. The summed E-state index contributed by atoms with van der Waals surface area (Å²) in [7, 11) is 0. The van der Waals surface area contributed by atoms with Gasteiger partial charge in [-0.25, -0.2) is 0 Å². The lowest BCUT2D eigenvalue weighted by atomic mass is 10.1. The maximum atomic E-state index is 11.1. The summed E-state index contributed by atoms with van der Waals surface area (Å²) in [5, 5.41) is 19.9. The summed E-state index contributed by atoms with van der Waals surface area (Å²) >= 11 is 3.22. The zero-order valence-corrected chi connectivity index (χ0v) is 12.8. The maximum Gasteiger partial charge on any atom is 0.306 e. The second kappa shape index (κ2) is 6.97. The minimum atomic E-state index is -0.906. The third-order valence-corrected chi connectivity index (χ3v) is 3.76. The number of hydrogen-bond acceptors (Lipinski definition) is 5. The zero-order chi connectivity index (χ0) is 15.4. The lowest BCUT2D eigenvalue weighted by Crippen LogP contribution is -2.42. The quantitative estimate of drug-likeness (QED) is 0.639. The lowest BCUT2D eigenvalue weighted by molar-refractivity contribution is -0.385. The summed E-state index contributed by atoms with van der Waals surface area (Å²) < 4.78 is 6.05. The van der Waals surface area contributed by atoms with E-state index >= 15 is 0 Å². The van der Waals surface area contributed by atoms with Crippen LogP contribution >= 0.6 is 15.9 Å². The predicted molar refractivity (Wildman–Crippen MR) is 78.1 cm³/mol. The van der Waals surface area contributed by atoms with E-state index in [-0.39, 0.29) is 18.2 Å². The number of hydrogen-bond donors (Lipinski definition) is 1. The van der Waals surface area contributed by atoms with Crippen molar-refractivity contribution in [2.75, 3.05) is 19.7 Å². The number of rotatable bonds is 5. The van der Waals surface area contributed by atoms with Crippen LogP contribution in [0.4, 0.5) is 5.69 Å². The molecular weight excluding hydrogens is 344 g/mol. The molecule has 1 saturated heterocycles. The largest absolute Gasteiger partial charge is 0.481 e. The van der Waals surface area contributed by atoms with Crippen molar-refractivity contribution in [2.45, 2.75) is 19.1 Å². The summed E-state index contributed by atoms with van der Waals surface area (Å²) in [6, 6.07) is 4.95. The molecule has 0 amide bonds. The van der Waals surface area contributed by atoms with Gasteiger partial charge in [0.2, 0.25) is 0 Å². The first-order valence-corrected chi connectivity index (χ1v) is 7.23. The molecule has 1 fully saturated rings. The van der Waals surface area contributed by atoms with Crippen molar-refractivity contribution in [1.82, 2.24) is 4.90 Å². The molecule has 1 atom stereocenters. The molecule has 1 N–H and O–H groups in total. The number of halogens is 1. The van der Waals surface area contributed by atoms with Crippen molar-refractivity contribution >= 4 is 27.6 Å². The number of nitro benzene ring substituents is 1. The van der Waals surface area contributed by atoms with Crippen LogP contribution in [-0.2, 0) is 16.1 Å². The maximum absolute atomic E-state index is 11.1. The van der Waals surface area contributed by atoms with Crippen molar-refractivity contribution in [3.8, 4) is 0 Å². The number of carbonyl (C=O) groups is 1. The smallest absolute Gasteiger partial charge is 0.306 e. The molecule has 21 heavy (non-hydrogen) atoms. The molecule has 0 radical (unpaired) electrons. The van der Waals surface area contributed by atoms with Gasteiger partial charge in [-0.15, -0.1) is 0 Å². The number of morpholine rings is 1. The van der Waals surface area contributed by atoms with Crippen LogP contribution in [0.2, 0.25) is 0 Å². The molecule has 0 bridgehead atoms. The number of nitrogens with zero attached hydrogens (tertiary/aromatic N) is 2. The molecule has 0 aliphatic carbocycles. The molecule has 1 heterocycles. The van der Waals surface area contributed by atoms with Gasteiger partial charge in [0.05, 0.1) is 24.1 Å². The lowest BCUT2D eigenvalue weighted by Gasteiger charge is -2.32. The summed E-state index contributed by atoms with van der Waals surface area (Å²) in [5.41, 5.74) is 0.671. The molecule has 1 aromatic carbocycles. The van der Waals surface area contributed by atoms with Gasteiger partial charge in [-0.3, -0.25) is 19.8 Å². The Morgan fingerprint density at radius 3 is 3.00 bits per heavy atom. The first-order chi connectivity index (χ1) is 9.95. The molecule has 2 rings (SSSR count). The van der Waals surface area contributed by atoms with Crippen LogP contribution in [-0.4, -0.2) is 46.7 Å². The molecule has 1 aliphatic heterocycles. The van der Waals surface area contributed by atoms with Crippen LogP contribution < -0.4 is 0 Å². The van der Waals surface area contributed by atoms with Crippen LogP contribution in [0.3, 0.4) is 0 Å². The zero-order valence-electron chi connectivity index (χ0n) is 11.2. The van der Waals surface area contributed by atoms with Crippen molar-refractivity contribution in [2.24, 2.45) is 0 Å². The molecule has 1 aromatic rings. The number of carboxylic acid groups (broad SMARTS) is 1. The summed E-state index contributed by atoms with van der Waals surface area (Å²) in [4.78, 5) is 23.4. The SMILES string of the molecule is O=C(O)CC1CN(Cc2ccc(Br)cc2[N+](=O)[O-])CCO1. The highest BCUT2D eigenvalue weighted by atomic mass is 79.9. The topological polar surface area (TPSA) is 92.9 Å². The normalized spacial score (nSPS) is 19.4. The van der Waals surface area contributed by atoms with Crippen molar-refractivity contribution in [1.29, 1.82) is 0 Å². The van der Waals surface area contributed by atoms with Gasteiger partial charge in [0.1, 0.15) is 0 Å². The summed E-state index contributed by atoms with van der Waals surface area (Å²) in [6.07, 6.45) is -0.426. The van der Waals surface area contributed by atoms with E-state index < -0.39 is 10.9 Å². The number of benzene rings is 1. The van der Waals surface area contributed by atoms with Crippen molar-refractivity contribution in [3.05, 3.63) is 38.3 Å². The van der Waals surface area contributed by atoms with Gasteiger partial charge in [-0.2, -0.15) is 0 Å². The Bertz CT molecular complexity index is 551. The van der Waals surface area contributed by atoms with E-state index in [1.165, 1.54) is 6.07 Å². The molecule has 0 saturated carbocycles. The van der Waals surface area contributed by atoms with Crippen LogP contribution in [0, 0.1) is 10.1 Å². The first-order valence-electron chi connectivity index (χ1n) is 6.44. The van der Waals surface area contributed by atoms with E-state index in [1.807, 2.05) is 4.90 Å². The Labute approximate surface area is 129 Å². The molecule has 1 unspecified atom stereocenters. The van der Waals surface area contributed by atoms with Gasteiger partial charge in [0, 0.05) is 35.7 Å². The third kappa shape index (κ3) is 4.48. The van der Waals surface area contributed by atoms with Gasteiger partial charge >= 0.3 is 5.97 Å². The van der Waals surface area contributed by atoms with Crippen molar-refractivity contribution < 1.29 is 19.6 Å². The number of aliphatic carboxylic acids is 1. The Morgan fingerprint density at radius 2 is 2.33 bits per heavy atom. The van der Waals surface area contributed by atoms with E-state index in [2.05, 4.69) is 15.9 Å². The fourth-order valence-corrected chi connectivity index (χ4v) is 2.67. The van der Waals surface area contributed by atoms with Crippen LogP contribution in [0.15, 0.2) is 22.7 Å². The number of carboxylic acids is 1. The average molecular weight is 359 g/mol. The van der Waals surface area contributed by atoms with E-state index in [1.54, 1.807) is 12.1 Å². The van der Waals surface area contributed by atoms with Gasteiger partial charge in [-0.1, -0.05) is 15.9 Å². The minimum absolute atomic E-state index is 0.0566. The first kappa shape index (κ1) is 15.9. The molecular formula is C13H15BrN2O5. The highest BCUT2D eigenvalue weighted by molar-refractivity contribution is 9.10. The molecule has 0 aromatic heterocycles. The van der Waals surface area contributed by atoms with Gasteiger partial charge in [0.25, 0.3) is 5.69 Å². The minimum Gasteiger partial charge on any atom is -0.481 e. The van der Waals surface area contributed by atoms with Crippen LogP contribution in [0.25, 0.3) is 0 Å². The van der Waals surface area contributed by atoms with Crippen molar-refractivity contribution in [3.63, 3.8) is 0 Å². The van der Waals surface area contributed by atoms with Crippen LogP contribution in [0.1, 0.15) is 12.0 Å². The van der Waals surface area contributed by atoms with E-state index in [0.29, 0.717) is 36.3 Å². The van der Waals surface area contributed by atoms with Gasteiger partial charge < -0.3 is 9.84 Å². The molecule has 7 nitrogen and oxygen atoms in total. The Hall–Kier alpha value is -1.51. The monoisotopic (exact) mass is 358 g/mol. The molecule has 0 spiro atoms.